The Morgan fingerprint density at radius 2 is 1.87 bits per heavy atom. The van der Waals surface area contributed by atoms with Crippen LogP contribution in [0.5, 0.6) is 11.5 Å². The van der Waals surface area contributed by atoms with Crippen molar-refractivity contribution in [3.63, 3.8) is 0 Å². The van der Waals surface area contributed by atoms with Crippen LogP contribution in [0.3, 0.4) is 0 Å². The first-order valence-electron chi connectivity index (χ1n) is 12.6. The highest BCUT2D eigenvalue weighted by Gasteiger charge is 2.28. The molecule has 3 aromatic rings. The summed E-state index contributed by atoms with van der Waals surface area (Å²) in [6, 6.07) is 15.5. The van der Waals surface area contributed by atoms with Gasteiger partial charge in [-0.3, -0.25) is 9.59 Å². The molecule has 38 heavy (non-hydrogen) atoms. The van der Waals surface area contributed by atoms with Crippen molar-refractivity contribution in [3.8, 4) is 11.5 Å². The second-order valence-corrected chi connectivity index (χ2v) is 10.2. The maximum Gasteiger partial charge on any atom is 0.257 e. The van der Waals surface area contributed by atoms with E-state index in [0.717, 1.165) is 23.3 Å². The lowest BCUT2D eigenvalue weighted by Crippen LogP contribution is -2.46. The van der Waals surface area contributed by atoms with Crippen LogP contribution in [0.25, 0.3) is 0 Å². The number of benzene rings is 2. The minimum absolute atomic E-state index is 0.0477. The number of halogens is 1. The standard InChI is InChI=1S/C29H33FN2O5S/c1-35-26-12-11-21(17-27(26)36-2)13-14-31(19-23-8-6-16-38-23)28(33)20-32(18-22-7-5-15-37-22)29(34)24-9-3-4-10-25(24)30/h3-4,6,8-12,16-17,22H,5,7,13-15,18-20H2,1-2H3. The molecular weight excluding hydrogens is 507 g/mol. The van der Waals surface area contributed by atoms with Gasteiger partial charge in [0.2, 0.25) is 5.91 Å². The van der Waals surface area contributed by atoms with E-state index in [9.17, 15) is 14.0 Å². The van der Waals surface area contributed by atoms with Gasteiger partial charge in [0.05, 0.1) is 32.4 Å². The lowest BCUT2D eigenvalue weighted by atomic mass is 10.1. The van der Waals surface area contributed by atoms with Crippen LogP contribution < -0.4 is 9.47 Å². The average Bonchev–Trinajstić information content (AvgIpc) is 3.65. The number of hydrogen-bond donors (Lipinski definition) is 0. The van der Waals surface area contributed by atoms with Crippen LogP contribution in [0, 0.1) is 5.82 Å². The van der Waals surface area contributed by atoms with Crippen molar-refractivity contribution < 1.29 is 28.2 Å². The molecule has 1 aliphatic rings. The minimum Gasteiger partial charge on any atom is -0.493 e. The van der Waals surface area contributed by atoms with Crippen LogP contribution in [0.15, 0.2) is 60.0 Å². The molecule has 0 saturated carbocycles. The topological polar surface area (TPSA) is 68.3 Å². The summed E-state index contributed by atoms with van der Waals surface area (Å²) in [4.78, 5) is 31.3. The summed E-state index contributed by atoms with van der Waals surface area (Å²) in [6.07, 6.45) is 2.12. The molecule has 0 spiro atoms. The van der Waals surface area contributed by atoms with Crippen molar-refractivity contribution in [2.45, 2.75) is 31.9 Å². The van der Waals surface area contributed by atoms with Crippen LogP contribution in [0.4, 0.5) is 4.39 Å². The summed E-state index contributed by atoms with van der Waals surface area (Å²) in [5.41, 5.74) is 0.943. The van der Waals surface area contributed by atoms with E-state index in [1.54, 1.807) is 42.6 Å². The fourth-order valence-electron chi connectivity index (χ4n) is 4.50. The zero-order chi connectivity index (χ0) is 26.9. The Morgan fingerprint density at radius 3 is 2.55 bits per heavy atom. The molecular formula is C29H33FN2O5S. The van der Waals surface area contributed by atoms with E-state index in [1.165, 1.54) is 17.0 Å². The van der Waals surface area contributed by atoms with Gasteiger partial charge in [-0.2, -0.15) is 0 Å². The molecule has 2 amide bonds. The van der Waals surface area contributed by atoms with Gasteiger partial charge in [-0.1, -0.05) is 24.3 Å². The maximum atomic E-state index is 14.5. The van der Waals surface area contributed by atoms with Gasteiger partial charge in [0.25, 0.3) is 5.91 Å². The van der Waals surface area contributed by atoms with Crippen molar-refractivity contribution in [2.75, 3.05) is 40.5 Å². The van der Waals surface area contributed by atoms with Gasteiger partial charge in [-0.15, -0.1) is 11.3 Å². The maximum absolute atomic E-state index is 14.5. The Labute approximate surface area is 226 Å². The minimum atomic E-state index is -0.605. The van der Waals surface area contributed by atoms with E-state index >= 15 is 0 Å². The predicted molar refractivity (Wildman–Crippen MR) is 144 cm³/mol. The third kappa shape index (κ3) is 7.11. The third-order valence-corrected chi connectivity index (χ3v) is 7.42. The normalized spacial score (nSPS) is 14.8. The van der Waals surface area contributed by atoms with Gasteiger partial charge in [0.15, 0.2) is 11.5 Å². The first-order valence-corrected chi connectivity index (χ1v) is 13.5. The summed E-state index contributed by atoms with van der Waals surface area (Å²) in [5, 5.41) is 1.97. The lowest BCUT2D eigenvalue weighted by Gasteiger charge is -2.29. The zero-order valence-corrected chi connectivity index (χ0v) is 22.5. The Hall–Kier alpha value is -3.43. The molecule has 0 aliphatic carbocycles. The Bertz CT molecular complexity index is 1210. The van der Waals surface area contributed by atoms with Crippen molar-refractivity contribution >= 4 is 23.2 Å². The number of ether oxygens (including phenoxy) is 3. The second-order valence-electron chi connectivity index (χ2n) is 9.13. The predicted octanol–water partition coefficient (Wildman–Crippen LogP) is 4.80. The quantitative estimate of drug-likeness (QED) is 0.330. The molecule has 1 saturated heterocycles. The van der Waals surface area contributed by atoms with E-state index in [0.29, 0.717) is 37.6 Å². The molecule has 1 fully saturated rings. The Balaban J connectivity index is 1.52. The van der Waals surface area contributed by atoms with E-state index in [4.69, 9.17) is 14.2 Å². The van der Waals surface area contributed by atoms with Gasteiger partial charge in [-0.25, -0.2) is 4.39 Å². The van der Waals surface area contributed by atoms with E-state index in [1.807, 2.05) is 35.7 Å². The van der Waals surface area contributed by atoms with Gasteiger partial charge in [-0.05, 0) is 60.5 Å². The SMILES string of the molecule is COc1ccc(CCN(Cc2cccs2)C(=O)CN(CC2CCCO2)C(=O)c2ccccc2F)cc1OC. The summed E-state index contributed by atoms with van der Waals surface area (Å²) in [6.45, 7) is 1.56. The molecule has 7 nitrogen and oxygen atoms in total. The number of methoxy groups -OCH3 is 2. The molecule has 0 N–H and O–H groups in total. The Morgan fingerprint density at radius 1 is 1.05 bits per heavy atom. The number of hydrogen-bond acceptors (Lipinski definition) is 6. The van der Waals surface area contributed by atoms with Gasteiger partial charge < -0.3 is 24.0 Å². The third-order valence-electron chi connectivity index (χ3n) is 6.56. The number of nitrogens with zero attached hydrogens (tertiary/aromatic N) is 2. The van der Waals surface area contributed by atoms with Crippen LogP contribution in [0.2, 0.25) is 0 Å². The molecule has 9 heteroatoms. The van der Waals surface area contributed by atoms with Crippen molar-refractivity contribution in [2.24, 2.45) is 0 Å². The zero-order valence-electron chi connectivity index (χ0n) is 21.7. The second kappa shape index (κ2) is 13.4. The molecule has 1 aliphatic heterocycles. The van der Waals surface area contributed by atoms with Crippen molar-refractivity contribution in [1.82, 2.24) is 9.80 Å². The summed E-state index contributed by atoms with van der Waals surface area (Å²) >= 11 is 1.57. The number of amides is 2. The van der Waals surface area contributed by atoms with Crippen molar-refractivity contribution in [1.29, 1.82) is 0 Å². The smallest absolute Gasteiger partial charge is 0.257 e. The molecule has 0 bridgehead atoms. The fraction of sp³-hybridized carbons (Fsp3) is 0.379. The van der Waals surface area contributed by atoms with Crippen molar-refractivity contribution in [3.05, 3.63) is 81.8 Å². The number of rotatable bonds is 12. The molecule has 1 atom stereocenters. The molecule has 202 valence electrons. The highest BCUT2D eigenvalue weighted by atomic mass is 32.1. The van der Waals surface area contributed by atoms with Crippen LogP contribution >= 0.6 is 11.3 Å². The van der Waals surface area contributed by atoms with Crippen LogP contribution in [-0.4, -0.2) is 68.2 Å². The van der Waals surface area contributed by atoms with E-state index < -0.39 is 11.7 Å². The number of thiophene rings is 1. The van der Waals surface area contributed by atoms with Crippen LogP contribution in [-0.2, 0) is 22.5 Å². The highest BCUT2D eigenvalue weighted by Crippen LogP contribution is 2.28. The van der Waals surface area contributed by atoms with Gasteiger partial charge >= 0.3 is 0 Å². The summed E-state index contributed by atoms with van der Waals surface area (Å²) in [7, 11) is 3.17. The van der Waals surface area contributed by atoms with Gasteiger partial charge in [0.1, 0.15) is 12.4 Å². The van der Waals surface area contributed by atoms with Gasteiger partial charge in [0, 0.05) is 24.6 Å². The first-order chi connectivity index (χ1) is 18.5. The molecule has 0 radical (unpaired) electrons. The number of carbonyl (C=O) groups is 2. The molecule has 4 rings (SSSR count). The number of carbonyl (C=O) groups excluding carboxylic acids is 2. The summed E-state index contributed by atoms with van der Waals surface area (Å²) < 4.78 is 31.0. The molecule has 2 aromatic carbocycles. The average molecular weight is 541 g/mol. The van der Waals surface area contributed by atoms with E-state index in [-0.39, 0.29) is 30.7 Å². The Kier molecular flexibility index (Phi) is 9.73. The molecule has 2 heterocycles. The monoisotopic (exact) mass is 540 g/mol. The summed E-state index contributed by atoms with van der Waals surface area (Å²) in [5.74, 6) is -0.0609. The first kappa shape index (κ1) is 27.6. The van der Waals surface area contributed by atoms with E-state index in [2.05, 4.69) is 0 Å². The fourth-order valence-corrected chi connectivity index (χ4v) is 5.22. The lowest BCUT2D eigenvalue weighted by molar-refractivity contribution is -0.132. The molecule has 1 aromatic heterocycles. The highest BCUT2D eigenvalue weighted by molar-refractivity contribution is 7.09. The van der Waals surface area contributed by atoms with Crippen LogP contribution in [0.1, 0.15) is 33.6 Å². The molecule has 1 unspecified atom stereocenters. The largest absolute Gasteiger partial charge is 0.493 e.